The summed E-state index contributed by atoms with van der Waals surface area (Å²) in [5.74, 6) is -0.533. The van der Waals surface area contributed by atoms with Crippen molar-refractivity contribution >= 4 is 39.5 Å². The number of benzene rings is 2. The molecular weight excluding hydrogens is 418 g/mol. The summed E-state index contributed by atoms with van der Waals surface area (Å²) >= 11 is 1.33. The second kappa shape index (κ2) is 8.23. The van der Waals surface area contributed by atoms with Crippen LogP contribution in [0.5, 0.6) is 0 Å². The number of hydrogen-bond donors (Lipinski definition) is 1. The highest BCUT2D eigenvalue weighted by Gasteiger charge is 2.28. The zero-order valence-corrected chi connectivity index (χ0v) is 17.7. The van der Waals surface area contributed by atoms with Crippen molar-refractivity contribution in [1.82, 2.24) is 10.2 Å². The summed E-state index contributed by atoms with van der Waals surface area (Å²) < 4.78 is 0. The van der Waals surface area contributed by atoms with E-state index in [9.17, 15) is 19.7 Å². The predicted molar refractivity (Wildman–Crippen MR) is 117 cm³/mol. The van der Waals surface area contributed by atoms with Crippen molar-refractivity contribution in [3.05, 3.63) is 74.3 Å². The van der Waals surface area contributed by atoms with Crippen LogP contribution in [0.3, 0.4) is 0 Å². The minimum atomic E-state index is -0.530. The van der Waals surface area contributed by atoms with E-state index in [4.69, 9.17) is 0 Å². The van der Waals surface area contributed by atoms with Gasteiger partial charge in [0, 0.05) is 37.2 Å². The molecule has 2 aromatic carbocycles. The second-order valence-electron chi connectivity index (χ2n) is 7.40. The van der Waals surface area contributed by atoms with Gasteiger partial charge >= 0.3 is 0 Å². The van der Waals surface area contributed by atoms with Gasteiger partial charge in [-0.05, 0) is 31.0 Å². The fraction of sp³-hybridized carbons (Fsp3) is 0.238. The van der Waals surface area contributed by atoms with Crippen LogP contribution in [0.4, 0.5) is 16.5 Å². The number of amides is 1. The molecule has 0 bridgehead atoms. The van der Waals surface area contributed by atoms with E-state index in [0.29, 0.717) is 16.7 Å². The first-order chi connectivity index (χ1) is 14.8. The van der Waals surface area contributed by atoms with Crippen molar-refractivity contribution in [3.8, 4) is 0 Å². The summed E-state index contributed by atoms with van der Waals surface area (Å²) in [6, 6.07) is 10.6. The van der Waals surface area contributed by atoms with E-state index in [1.807, 2.05) is 0 Å². The molecule has 0 aliphatic heterocycles. The lowest BCUT2D eigenvalue weighted by Crippen LogP contribution is -2.17. The van der Waals surface area contributed by atoms with Crippen LogP contribution in [0.2, 0.25) is 0 Å². The molecule has 1 amide bonds. The lowest BCUT2D eigenvalue weighted by Gasteiger charge is -2.13. The fourth-order valence-electron chi connectivity index (χ4n) is 3.17. The zero-order valence-electron chi connectivity index (χ0n) is 16.9. The second-order valence-corrected chi connectivity index (χ2v) is 8.41. The summed E-state index contributed by atoms with van der Waals surface area (Å²) in [5.41, 5.74) is 0.646. The van der Waals surface area contributed by atoms with E-state index in [2.05, 4.69) is 15.5 Å². The van der Waals surface area contributed by atoms with Gasteiger partial charge in [-0.3, -0.25) is 25.0 Å². The Morgan fingerprint density at radius 3 is 2.48 bits per heavy atom. The first-order valence-corrected chi connectivity index (χ1v) is 10.4. The van der Waals surface area contributed by atoms with Crippen LogP contribution in [-0.2, 0) is 0 Å². The van der Waals surface area contributed by atoms with Gasteiger partial charge in [-0.2, -0.15) is 0 Å². The molecule has 9 nitrogen and oxygen atoms in total. The number of nitrogens with zero attached hydrogens (tertiary/aromatic N) is 4. The number of anilines is 2. The molecule has 0 atom stereocenters. The average Bonchev–Trinajstić information content (AvgIpc) is 3.51. The highest BCUT2D eigenvalue weighted by Crippen LogP contribution is 2.42. The maximum Gasteiger partial charge on any atom is 0.293 e. The Morgan fingerprint density at radius 2 is 1.84 bits per heavy atom. The Labute approximate surface area is 181 Å². The normalized spacial score (nSPS) is 13.0. The smallest absolute Gasteiger partial charge is 0.293 e. The van der Waals surface area contributed by atoms with Gasteiger partial charge in [-0.1, -0.05) is 29.5 Å². The Balaban J connectivity index is 1.63. The third kappa shape index (κ3) is 4.29. The Kier molecular flexibility index (Phi) is 5.47. The topological polar surface area (TPSA) is 118 Å². The molecule has 0 saturated heterocycles. The number of aromatic nitrogens is 2. The van der Waals surface area contributed by atoms with Gasteiger partial charge in [-0.25, -0.2) is 0 Å². The number of rotatable bonds is 7. The van der Waals surface area contributed by atoms with Crippen LogP contribution >= 0.6 is 11.3 Å². The summed E-state index contributed by atoms with van der Waals surface area (Å²) in [6.07, 6.45) is 2.16. The molecule has 4 rings (SSSR count). The highest BCUT2D eigenvalue weighted by molar-refractivity contribution is 7.15. The predicted octanol–water partition coefficient (Wildman–Crippen LogP) is 3.87. The van der Waals surface area contributed by atoms with Crippen molar-refractivity contribution in [1.29, 1.82) is 0 Å². The number of nitrogens with one attached hydrogen (secondary N) is 1. The van der Waals surface area contributed by atoms with Crippen molar-refractivity contribution in [2.45, 2.75) is 18.8 Å². The number of nitro groups is 1. The van der Waals surface area contributed by atoms with Gasteiger partial charge < -0.3 is 4.90 Å². The summed E-state index contributed by atoms with van der Waals surface area (Å²) in [5, 5.41) is 23.5. The molecule has 1 aliphatic carbocycles. The Morgan fingerprint density at radius 1 is 1.13 bits per heavy atom. The molecule has 1 heterocycles. The third-order valence-electron chi connectivity index (χ3n) is 4.92. The molecule has 0 radical (unpaired) electrons. The molecule has 10 heteroatoms. The van der Waals surface area contributed by atoms with Crippen molar-refractivity contribution < 1.29 is 14.5 Å². The lowest BCUT2D eigenvalue weighted by molar-refractivity contribution is -0.384. The SMILES string of the molecule is CN(C)c1ccc(C(=O)c2ccccc2C(=O)Nc2nnc(C3CC3)s2)cc1[N+](=O)[O-]. The average molecular weight is 437 g/mol. The fourth-order valence-corrected chi connectivity index (χ4v) is 4.08. The molecule has 0 unspecified atom stereocenters. The quantitative estimate of drug-likeness (QED) is 0.338. The van der Waals surface area contributed by atoms with E-state index in [1.54, 1.807) is 31.1 Å². The number of carbonyl (C=O) groups is 2. The maximum atomic E-state index is 13.1. The summed E-state index contributed by atoms with van der Waals surface area (Å²) in [4.78, 5) is 38.5. The van der Waals surface area contributed by atoms with Gasteiger partial charge in [0.05, 0.1) is 10.5 Å². The molecular formula is C21H19N5O4S. The highest BCUT2D eigenvalue weighted by atomic mass is 32.1. The summed E-state index contributed by atoms with van der Waals surface area (Å²) in [6.45, 7) is 0. The summed E-state index contributed by atoms with van der Waals surface area (Å²) in [7, 11) is 3.37. The van der Waals surface area contributed by atoms with Crippen molar-refractivity contribution in [3.63, 3.8) is 0 Å². The number of carbonyl (C=O) groups excluding carboxylic acids is 2. The van der Waals surface area contributed by atoms with Crippen LogP contribution in [0.25, 0.3) is 0 Å². The molecule has 158 valence electrons. The lowest BCUT2D eigenvalue weighted by atomic mass is 9.97. The molecule has 0 spiro atoms. The molecule has 1 N–H and O–H groups in total. The minimum absolute atomic E-state index is 0.129. The molecule has 1 aliphatic rings. The van der Waals surface area contributed by atoms with Gasteiger partial charge in [0.25, 0.3) is 11.6 Å². The zero-order chi connectivity index (χ0) is 22.1. The Bertz CT molecular complexity index is 1190. The first kappa shape index (κ1) is 20.6. The molecule has 1 fully saturated rings. The van der Waals surface area contributed by atoms with Crippen LogP contribution in [-0.4, -0.2) is 40.9 Å². The van der Waals surface area contributed by atoms with E-state index in [-0.39, 0.29) is 22.4 Å². The van der Waals surface area contributed by atoms with Crippen molar-refractivity contribution in [2.75, 3.05) is 24.3 Å². The number of hydrogen-bond acceptors (Lipinski definition) is 8. The maximum absolute atomic E-state index is 13.1. The minimum Gasteiger partial charge on any atom is -0.372 e. The van der Waals surface area contributed by atoms with Crippen LogP contribution in [0, 0.1) is 10.1 Å². The monoisotopic (exact) mass is 437 g/mol. The molecule has 1 saturated carbocycles. The van der Waals surface area contributed by atoms with Gasteiger partial charge in [-0.15, -0.1) is 10.2 Å². The van der Waals surface area contributed by atoms with Gasteiger partial charge in [0.2, 0.25) is 5.13 Å². The number of nitro benzene ring substituents is 1. The van der Waals surface area contributed by atoms with E-state index in [0.717, 1.165) is 17.8 Å². The van der Waals surface area contributed by atoms with E-state index < -0.39 is 16.6 Å². The first-order valence-electron chi connectivity index (χ1n) is 9.59. The largest absolute Gasteiger partial charge is 0.372 e. The standard InChI is InChI=1S/C21H19N5O4S/c1-25(2)16-10-9-13(11-17(16)26(29)30)18(27)14-5-3-4-6-15(14)19(28)22-21-24-23-20(31-21)12-7-8-12/h3-6,9-12H,7-8H2,1-2H3,(H,22,24,28). The third-order valence-corrected chi connectivity index (χ3v) is 5.92. The van der Waals surface area contributed by atoms with E-state index in [1.165, 1.54) is 41.7 Å². The van der Waals surface area contributed by atoms with E-state index >= 15 is 0 Å². The van der Waals surface area contributed by atoms with Crippen LogP contribution in [0.1, 0.15) is 50.0 Å². The van der Waals surface area contributed by atoms with Gasteiger partial charge in [0.15, 0.2) is 5.78 Å². The number of ketones is 1. The Hall–Kier alpha value is -3.66. The van der Waals surface area contributed by atoms with Gasteiger partial charge in [0.1, 0.15) is 10.7 Å². The molecule has 3 aromatic rings. The van der Waals surface area contributed by atoms with Crippen LogP contribution in [0.15, 0.2) is 42.5 Å². The molecule has 1 aromatic heterocycles. The van der Waals surface area contributed by atoms with Crippen LogP contribution < -0.4 is 10.2 Å². The van der Waals surface area contributed by atoms with Crippen molar-refractivity contribution in [2.24, 2.45) is 0 Å². The molecule has 31 heavy (non-hydrogen) atoms.